The monoisotopic (exact) mass is 272 g/mol. The van der Waals surface area contributed by atoms with E-state index < -0.39 is 0 Å². The highest BCUT2D eigenvalue weighted by Crippen LogP contribution is 2.08. The minimum Gasteiger partial charge on any atom is -0.399 e. The highest BCUT2D eigenvalue weighted by atomic mass is 16.1. The smallest absolute Gasteiger partial charge is 0.220 e. The first kappa shape index (κ1) is 14.1. The van der Waals surface area contributed by atoms with Gasteiger partial charge in [0.2, 0.25) is 5.91 Å². The van der Waals surface area contributed by atoms with Crippen molar-refractivity contribution < 1.29 is 4.79 Å². The summed E-state index contributed by atoms with van der Waals surface area (Å²) in [6.07, 6.45) is 3.74. The lowest BCUT2D eigenvalue weighted by atomic mass is 10.1. The Balaban J connectivity index is 1.69. The fourth-order valence-electron chi connectivity index (χ4n) is 2.07. The van der Waals surface area contributed by atoms with Gasteiger partial charge in [0.05, 0.1) is 0 Å². The average molecular weight is 272 g/mol. The van der Waals surface area contributed by atoms with Crippen molar-refractivity contribution in [2.75, 3.05) is 12.3 Å². The van der Waals surface area contributed by atoms with Crippen LogP contribution in [0.3, 0.4) is 0 Å². The van der Waals surface area contributed by atoms with E-state index in [1.54, 1.807) is 6.20 Å². The Kier molecular flexibility index (Phi) is 4.76. The molecule has 0 saturated heterocycles. The van der Waals surface area contributed by atoms with Crippen molar-refractivity contribution in [1.29, 1.82) is 0 Å². The Bertz CT molecular complexity index is 577. The molecule has 0 aliphatic heterocycles. The second-order valence-corrected chi connectivity index (χ2v) is 4.79. The average Bonchev–Trinajstić information content (AvgIpc) is 2.82. The summed E-state index contributed by atoms with van der Waals surface area (Å²) in [5, 5.41) is 7.01. The summed E-state index contributed by atoms with van der Waals surface area (Å²) in [5.74, 6) is 0.0644. The minimum absolute atomic E-state index is 0.0644. The maximum atomic E-state index is 11.7. The summed E-state index contributed by atoms with van der Waals surface area (Å²) in [7, 11) is 1.90. The van der Waals surface area contributed by atoms with Crippen LogP contribution in [0, 0.1) is 0 Å². The molecule has 3 N–H and O–H groups in total. The number of hydrogen-bond donors (Lipinski definition) is 2. The van der Waals surface area contributed by atoms with Gasteiger partial charge < -0.3 is 11.1 Å². The minimum atomic E-state index is 0.0644. The number of benzene rings is 1. The van der Waals surface area contributed by atoms with E-state index in [9.17, 15) is 4.79 Å². The third-order valence-corrected chi connectivity index (χ3v) is 3.22. The van der Waals surface area contributed by atoms with Crippen molar-refractivity contribution in [2.45, 2.75) is 19.3 Å². The van der Waals surface area contributed by atoms with E-state index >= 15 is 0 Å². The van der Waals surface area contributed by atoms with E-state index in [1.165, 1.54) is 0 Å². The number of nitrogen functional groups attached to an aromatic ring is 1. The number of anilines is 1. The number of nitrogens with zero attached hydrogens (tertiary/aromatic N) is 2. The summed E-state index contributed by atoms with van der Waals surface area (Å²) in [6, 6.07) is 9.60. The van der Waals surface area contributed by atoms with Crippen molar-refractivity contribution in [3.8, 4) is 0 Å². The van der Waals surface area contributed by atoms with Crippen LogP contribution in [0.2, 0.25) is 0 Å². The summed E-state index contributed by atoms with van der Waals surface area (Å²) in [6.45, 7) is 0.634. The Morgan fingerprint density at radius 1 is 1.35 bits per heavy atom. The third-order valence-electron chi connectivity index (χ3n) is 3.22. The molecule has 0 radical (unpaired) electrons. The third kappa shape index (κ3) is 4.12. The van der Waals surface area contributed by atoms with Gasteiger partial charge in [-0.25, -0.2) is 0 Å². The molecule has 0 atom stereocenters. The molecular weight excluding hydrogens is 252 g/mol. The fourth-order valence-corrected chi connectivity index (χ4v) is 2.07. The molecule has 1 aromatic carbocycles. The van der Waals surface area contributed by atoms with Crippen LogP contribution in [0.25, 0.3) is 0 Å². The molecule has 1 aromatic heterocycles. The Hall–Kier alpha value is -2.30. The highest BCUT2D eigenvalue weighted by Gasteiger charge is 2.03. The number of nitrogens with two attached hydrogens (primary N) is 1. The highest BCUT2D eigenvalue weighted by molar-refractivity contribution is 5.76. The predicted octanol–water partition coefficient (Wildman–Crippen LogP) is 1.29. The molecule has 0 saturated carbocycles. The van der Waals surface area contributed by atoms with Gasteiger partial charge in [-0.15, -0.1) is 0 Å². The van der Waals surface area contributed by atoms with Gasteiger partial charge in [0.15, 0.2) is 0 Å². The zero-order valence-corrected chi connectivity index (χ0v) is 11.7. The van der Waals surface area contributed by atoms with Gasteiger partial charge in [-0.1, -0.05) is 12.1 Å². The number of rotatable bonds is 6. The van der Waals surface area contributed by atoms with Gasteiger partial charge >= 0.3 is 0 Å². The maximum absolute atomic E-state index is 11.7. The maximum Gasteiger partial charge on any atom is 0.220 e. The molecule has 106 valence electrons. The van der Waals surface area contributed by atoms with E-state index in [1.807, 2.05) is 42.1 Å². The molecule has 0 spiro atoms. The van der Waals surface area contributed by atoms with Gasteiger partial charge in [-0.3, -0.25) is 9.48 Å². The van der Waals surface area contributed by atoms with E-state index in [-0.39, 0.29) is 5.91 Å². The van der Waals surface area contributed by atoms with Crippen molar-refractivity contribution in [3.05, 3.63) is 47.8 Å². The largest absolute Gasteiger partial charge is 0.399 e. The van der Waals surface area contributed by atoms with E-state index in [0.717, 1.165) is 23.4 Å². The number of nitrogens with one attached hydrogen (secondary N) is 1. The molecule has 20 heavy (non-hydrogen) atoms. The standard InChI is InChI=1S/C15H20N4O/c1-19-14(8-10-18-19)7-9-17-15(20)6-5-12-3-2-4-13(16)11-12/h2-4,8,10-11H,5-7,9,16H2,1H3,(H,17,20). The lowest BCUT2D eigenvalue weighted by molar-refractivity contribution is -0.121. The van der Waals surface area contributed by atoms with Crippen LogP contribution in [0.1, 0.15) is 17.7 Å². The molecule has 0 unspecified atom stereocenters. The van der Waals surface area contributed by atoms with Gasteiger partial charge in [-0.2, -0.15) is 5.10 Å². The Labute approximate surface area is 118 Å². The first-order chi connectivity index (χ1) is 9.65. The van der Waals surface area contributed by atoms with Gasteiger partial charge in [0.25, 0.3) is 0 Å². The van der Waals surface area contributed by atoms with E-state index in [0.29, 0.717) is 19.4 Å². The molecule has 1 amide bonds. The van der Waals surface area contributed by atoms with Crippen molar-refractivity contribution >= 4 is 11.6 Å². The molecule has 5 heteroatoms. The SMILES string of the molecule is Cn1nccc1CCNC(=O)CCc1cccc(N)c1. The van der Waals surface area contributed by atoms with E-state index in [2.05, 4.69) is 10.4 Å². The Morgan fingerprint density at radius 2 is 2.20 bits per heavy atom. The van der Waals surface area contributed by atoms with E-state index in [4.69, 9.17) is 5.73 Å². The van der Waals surface area contributed by atoms with Crippen LogP contribution in [-0.2, 0) is 24.7 Å². The number of amides is 1. The molecule has 2 rings (SSSR count). The lowest BCUT2D eigenvalue weighted by Gasteiger charge is -2.06. The van der Waals surface area contributed by atoms with Gasteiger partial charge in [0, 0.05) is 44.0 Å². The number of carbonyl (C=O) groups excluding carboxylic acids is 1. The molecule has 2 aromatic rings. The quantitative estimate of drug-likeness (QED) is 0.778. The van der Waals surface area contributed by atoms with Gasteiger partial charge in [0.1, 0.15) is 0 Å². The fraction of sp³-hybridized carbons (Fsp3) is 0.333. The van der Waals surface area contributed by atoms with Crippen LogP contribution in [0.4, 0.5) is 5.69 Å². The number of aryl methyl sites for hydroxylation is 2. The Morgan fingerprint density at radius 3 is 2.90 bits per heavy atom. The van der Waals surface area contributed by atoms with Crippen molar-refractivity contribution in [2.24, 2.45) is 7.05 Å². The molecule has 0 fully saturated rings. The summed E-state index contributed by atoms with van der Waals surface area (Å²) >= 11 is 0. The van der Waals surface area contributed by atoms with Crippen LogP contribution in [0.15, 0.2) is 36.5 Å². The lowest BCUT2D eigenvalue weighted by Crippen LogP contribution is -2.26. The van der Waals surface area contributed by atoms with Gasteiger partial charge in [-0.05, 0) is 30.2 Å². The first-order valence-corrected chi connectivity index (χ1v) is 6.73. The molecule has 1 heterocycles. The second-order valence-electron chi connectivity index (χ2n) is 4.79. The zero-order chi connectivity index (χ0) is 14.4. The first-order valence-electron chi connectivity index (χ1n) is 6.73. The second kappa shape index (κ2) is 6.75. The molecule has 0 bridgehead atoms. The topological polar surface area (TPSA) is 72.9 Å². The van der Waals surface area contributed by atoms with Crippen LogP contribution in [0.5, 0.6) is 0 Å². The van der Waals surface area contributed by atoms with Crippen LogP contribution in [-0.4, -0.2) is 22.2 Å². The number of hydrogen-bond acceptors (Lipinski definition) is 3. The molecule has 0 aliphatic carbocycles. The summed E-state index contributed by atoms with van der Waals surface area (Å²) < 4.78 is 1.82. The number of aromatic nitrogens is 2. The number of carbonyl (C=O) groups is 1. The summed E-state index contributed by atoms with van der Waals surface area (Å²) in [5.41, 5.74) is 8.64. The molecule has 0 aliphatic rings. The molecular formula is C15H20N4O. The van der Waals surface area contributed by atoms with Crippen LogP contribution >= 0.6 is 0 Å². The van der Waals surface area contributed by atoms with Crippen molar-refractivity contribution in [1.82, 2.24) is 15.1 Å². The van der Waals surface area contributed by atoms with Crippen LogP contribution < -0.4 is 11.1 Å². The zero-order valence-electron chi connectivity index (χ0n) is 11.7. The molecule has 5 nitrogen and oxygen atoms in total. The van der Waals surface area contributed by atoms with Crippen molar-refractivity contribution in [3.63, 3.8) is 0 Å². The normalized spacial score (nSPS) is 10.4. The summed E-state index contributed by atoms with van der Waals surface area (Å²) in [4.78, 5) is 11.7. The predicted molar refractivity (Wildman–Crippen MR) is 79.1 cm³/mol.